The Balaban J connectivity index is 2.05. The Kier molecular flexibility index (Phi) is 10.7. The topological polar surface area (TPSA) is 69.9 Å². The highest BCUT2D eigenvalue weighted by molar-refractivity contribution is 8.00. The summed E-state index contributed by atoms with van der Waals surface area (Å²) >= 11 is 1.57. The maximum absolute atomic E-state index is 9.91. The zero-order valence-electron chi connectivity index (χ0n) is 14.1. The van der Waals surface area contributed by atoms with Crippen molar-refractivity contribution in [1.82, 2.24) is 0 Å². The second-order valence-electron chi connectivity index (χ2n) is 6.46. The number of aliphatic hydroxyl groups is 3. The van der Waals surface area contributed by atoms with Gasteiger partial charge in [0.2, 0.25) is 0 Å². The summed E-state index contributed by atoms with van der Waals surface area (Å²) < 4.78 is 5.43. The number of aliphatic hydroxyl groups excluding tert-OH is 3. The monoisotopic (exact) mass is 334 g/mol. The van der Waals surface area contributed by atoms with E-state index in [9.17, 15) is 15.3 Å². The highest BCUT2D eigenvalue weighted by Crippen LogP contribution is 2.30. The van der Waals surface area contributed by atoms with Gasteiger partial charge >= 0.3 is 0 Å². The number of ether oxygens (including phenoxy) is 1. The summed E-state index contributed by atoms with van der Waals surface area (Å²) in [6.45, 7) is 4.48. The van der Waals surface area contributed by atoms with Crippen LogP contribution in [-0.4, -0.2) is 50.9 Å². The SMILES string of the molecule is CCCCCCCCCCC(C)S[C@@H]1OC[C@@H](O)[C@H](O)[C@H]1O. The molecule has 0 amide bonds. The van der Waals surface area contributed by atoms with Gasteiger partial charge in [-0.1, -0.05) is 65.2 Å². The molecule has 0 aliphatic carbocycles. The van der Waals surface area contributed by atoms with Crippen LogP contribution in [0, 0.1) is 0 Å². The fourth-order valence-corrected chi connectivity index (χ4v) is 4.00. The maximum Gasteiger partial charge on any atom is 0.132 e. The van der Waals surface area contributed by atoms with E-state index in [1.807, 2.05) is 0 Å². The summed E-state index contributed by atoms with van der Waals surface area (Å²) in [5, 5.41) is 29.4. The minimum absolute atomic E-state index is 0.0976. The van der Waals surface area contributed by atoms with E-state index in [4.69, 9.17) is 4.74 Å². The zero-order chi connectivity index (χ0) is 16.4. The standard InChI is InChI=1S/C17H34O4S/c1-3-4-5-6-7-8-9-10-11-13(2)22-17-16(20)15(19)14(18)12-21-17/h13-20H,3-12H2,1-2H3/t13?,14-,15+,16-,17+/m1/s1. The second-order valence-corrected chi connectivity index (χ2v) is 8.00. The van der Waals surface area contributed by atoms with Crippen molar-refractivity contribution < 1.29 is 20.1 Å². The predicted octanol–water partition coefficient (Wildman–Crippen LogP) is 3.08. The van der Waals surface area contributed by atoms with Crippen molar-refractivity contribution in [3.63, 3.8) is 0 Å². The smallest absolute Gasteiger partial charge is 0.132 e. The molecule has 1 rings (SSSR count). The van der Waals surface area contributed by atoms with Gasteiger partial charge in [-0.3, -0.25) is 0 Å². The molecule has 1 aliphatic heterocycles. The number of rotatable bonds is 11. The Morgan fingerprint density at radius 2 is 1.55 bits per heavy atom. The lowest BCUT2D eigenvalue weighted by molar-refractivity contribution is -0.161. The molecular formula is C17H34O4S. The summed E-state index contributed by atoms with van der Waals surface area (Å²) in [4.78, 5) is 0. The molecule has 1 heterocycles. The molecule has 0 saturated carbocycles. The molecule has 0 bridgehead atoms. The molecule has 0 spiro atoms. The van der Waals surface area contributed by atoms with E-state index < -0.39 is 23.7 Å². The van der Waals surface area contributed by atoms with Gasteiger partial charge in [-0.15, -0.1) is 11.8 Å². The lowest BCUT2D eigenvalue weighted by Crippen LogP contribution is -2.52. The van der Waals surface area contributed by atoms with Crippen LogP contribution >= 0.6 is 11.8 Å². The van der Waals surface area contributed by atoms with Crippen molar-refractivity contribution in [2.24, 2.45) is 0 Å². The van der Waals surface area contributed by atoms with Gasteiger partial charge in [0.15, 0.2) is 0 Å². The van der Waals surface area contributed by atoms with Crippen LogP contribution in [0.15, 0.2) is 0 Å². The molecule has 0 aromatic rings. The molecular weight excluding hydrogens is 300 g/mol. The van der Waals surface area contributed by atoms with Crippen LogP contribution in [-0.2, 0) is 4.74 Å². The fourth-order valence-electron chi connectivity index (χ4n) is 2.76. The third-order valence-corrected chi connectivity index (χ3v) is 5.67. The first-order valence-electron chi connectivity index (χ1n) is 8.87. The Morgan fingerprint density at radius 3 is 2.18 bits per heavy atom. The molecule has 0 aromatic carbocycles. The Bertz CT molecular complexity index is 277. The van der Waals surface area contributed by atoms with Gasteiger partial charge in [-0.25, -0.2) is 0 Å². The maximum atomic E-state index is 9.91. The van der Waals surface area contributed by atoms with Crippen LogP contribution in [0.5, 0.6) is 0 Å². The molecule has 132 valence electrons. The van der Waals surface area contributed by atoms with Crippen LogP contribution in [0.4, 0.5) is 0 Å². The molecule has 3 N–H and O–H groups in total. The molecule has 1 unspecified atom stereocenters. The molecule has 4 nitrogen and oxygen atoms in total. The van der Waals surface area contributed by atoms with Gasteiger partial charge in [-0.2, -0.15) is 0 Å². The van der Waals surface area contributed by atoms with E-state index in [2.05, 4.69) is 13.8 Å². The Morgan fingerprint density at radius 1 is 0.955 bits per heavy atom. The number of hydrogen-bond acceptors (Lipinski definition) is 5. The van der Waals surface area contributed by atoms with Crippen molar-refractivity contribution in [2.75, 3.05) is 6.61 Å². The summed E-state index contributed by atoms with van der Waals surface area (Å²) in [6, 6.07) is 0. The van der Waals surface area contributed by atoms with Crippen LogP contribution < -0.4 is 0 Å². The van der Waals surface area contributed by atoms with Gasteiger partial charge < -0.3 is 20.1 Å². The quantitative estimate of drug-likeness (QED) is 0.507. The van der Waals surface area contributed by atoms with Crippen LogP contribution in [0.3, 0.4) is 0 Å². The summed E-state index contributed by atoms with van der Waals surface area (Å²) in [5.74, 6) is 0. The van der Waals surface area contributed by atoms with Crippen molar-refractivity contribution in [3.8, 4) is 0 Å². The second kappa shape index (κ2) is 11.7. The molecule has 0 radical (unpaired) electrons. The lowest BCUT2D eigenvalue weighted by atomic mass is 10.1. The number of unbranched alkanes of at least 4 members (excludes halogenated alkanes) is 7. The van der Waals surface area contributed by atoms with Gasteiger partial charge in [0.1, 0.15) is 23.7 Å². The third-order valence-electron chi connectivity index (χ3n) is 4.28. The number of hydrogen-bond donors (Lipinski definition) is 3. The van der Waals surface area contributed by atoms with Crippen molar-refractivity contribution in [2.45, 2.75) is 101 Å². The van der Waals surface area contributed by atoms with E-state index in [0.717, 1.165) is 6.42 Å². The van der Waals surface area contributed by atoms with E-state index in [1.165, 1.54) is 51.4 Å². The Hall–Kier alpha value is 0.190. The molecule has 1 fully saturated rings. The minimum atomic E-state index is -1.10. The highest BCUT2D eigenvalue weighted by atomic mass is 32.2. The van der Waals surface area contributed by atoms with Crippen LogP contribution in [0.1, 0.15) is 71.6 Å². The molecule has 5 heteroatoms. The van der Waals surface area contributed by atoms with E-state index in [0.29, 0.717) is 5.25 Å². The molecule has 22 heavy (non-hydrogen) atoms. The predicted molar refractivity (Wildman–Crippen MR) is 92.0 cm³/mol. The van der Waals surface area contributed by atoms with Crippen molar-refractivity contribution in [1.29, 1.82) is 0 Å². The fraction of sp³-hybridized carbons (Fsp3) is 1.00. The molecule has 1 saturated heterocycles. The normalized spacial score (nSPS) is 30.4. The van der Waals surface area contributed by atoms with E-state index >= 15 is 0 Å². The first-order valence-corrected chi connectivity index (χ1v) is 9.81. The molecule has 0 aromatic heterocycles. The van der Waals surface area contributed by atoms with Gasteiger partial charge in [0, 0.05) is 5.25 Å². The summed E-state index contributed by atoms with van der Waals surface area (Å²) in [6.07, 6.45) is 8.55. The molecule has 5 atom stereocenters. The van der Waals surface area contributed by atoms with Gasteiger partial charge in [0.05, 0.1) is 6.61 Å². The molecule has 1 aliphatic rings. The summed E-state index contributed by atoms with van der Waals surface area (Å²) in [7, 11) is 0. The summed E-state index contributed by atoms with van der Waals surface area (Å²) in [5.41, 5.74) is -0.428. The average Bonchev–Trinajstić information content (AvgIpc) is 2.50. The average molecular weight is 335 g/mol. The lowest BCUT2D eigenvalue weighted by Gasteiger charge is -2.35. The first kappa shape index (κ1) is 20.2. The highest BCUT2D eigenvalue weighted by Gasteiger charge is 2.38. The van der Waals surface area contributed by atoms with Gasteiger partial charge in [0.25, 0.3) is 0 Å². The minimum Gasteiger partial charge on any atom is -0.388 e. The zero-order valence-corrected chi connectivity index (χ0v) is 14.9. The van der Waals surface area contributed by atoms with Crippen molar-refractivity contribution in [3.05, 3.63) is 0 Å². The third kappa shape index (κ3) is 7.64. The van der Waals surface area contributed by atoms with E-state index in [1.54, 1.807) is 11.8 Å². The largest absolute Gasteiger partial charge is 0.388 e. The number of thioether (sulfide) groups is 1. The van der Waals surface area contributed by atoms with Gasteiger partial charge in [-0.05, 0) is 6.42 Å². The van der Waals surface area contributed by atoms with Crippen LogP contribution in [0.25, 0.3) is 0 Å². The Labute approximate surface area is 139 Å². The van der Waals surface area contributed by atoms with Crippen LogP contribution in [0.2, 0.25) is 0 Å². The van der Waals surface area contributed by atoms with Crippen molar-refractivity contribution >= 4 is 11.8 Å². The van der Waals surface area contributed by atoms with E-state index in [-0.39, 0.29) is 6.61 Å². The first-order chi connectivity index (χ1) is 10.6.